The molecule has 1 aromatic heterocycles. The van der Waals surface area contributed by atoms with Crippen LogP contribution in [-0.2, 0) is 12.8 Å². The third-order valence-corrected chi connectivity index (χ3v) is 4.76. The lowest BCUT2D eigenvalue weighted by Crippen LogP contribution is -2.36. The molecule has 0 saturated carbocycles. The fraction of sp³-hybridized carbons (Fsp3) is 0.750. The van der Waals surface area contributed by atoms with Crippen molar-refractivity contribution in [3.63, 3.8) is 0 Å². The van der Waals surface area contributed by atoms with Crippen molar-refractivity contribution in [3.05, 3.63) is 21.9 Å². The van der Waals surface area contributed by atoms with Crippen LogP contribution in [0.15, 0.2) is 12.1 Å². The van der Waals surface area contributed by atoms with Crippen LogP contribution in [0.25, 0.3) is 0 Å². The molecule has 1 heterocycles. The molecule has 2 heteroatoms. The van der Waals surface area contributed by atoms with Crippen molar-refractivity contribution in [1.82, 2.24) is 5.32 Å². The van der Waals surface area contributed by atoms with Crippen LogP contribution >= 0.6 is 11.3 Å². The van der Waals surface area contributed by atoms with Crippen molar-refractivity contribution in [2.75, 3.05) is 6.54 Å². The maximum atomic E-state index is 3.60. The third-order valence-electron chi connectivity index (χ3n) is 3.51. The second-order valence-electron chi connectivity index (χ2n) is 6.55. The molecule has 1 atom stereocenters. The molecule has 1 N–H and O–H groups in total. The second-order valence-corrected chi connectivity index (χ2v) is 7.80. The van der Waals surface area contributed by atoms with Gasteiger partial charge in [0, 0.05) is 15.8 Å². The summed E-state index contributed by atoms with van der Waals surface area (Å²) in [5.74, 6) is 0.697. The van der Waals surface area contributed by atoms with Gasteiger partial charge in [-0.1, -0.05) is 41.5 Å². The Labute approximate surface area is 117 Å². The van der Waals surface area contributed by atoms with E-state index in [1.807, 2.05) is 11.3 Å². The van der Waals surface area contributed by atoms with Gasteiger partial charge >= 0.3 is 0 Å². The first-order valence-corrected chi connectivity index (χ1v) is 7.95. The lowest BCUT2D eigenvalue weighted by atomic mass is 9.78. The minimum Gasteiger partial charge on any atom is -0.314 e. The number of hydrogen-bond donors (Lipinski definition) is 1. The third kappa shape index (κ3) is 5.11. The lowest BCUT2D eigenvalue weighted by molar-refractivity contribution is 0.227. The summed E-state index contributed by atoms with van der Waals surface area (Å²) in [7, 11) is 0. The summed E-state index contributed by atoms with van der Waals surface area (Å²) >= 11 is 1.98. The van der Waals surface area contributed by atoms with Crippen molar-refractivity contribution in [2.45, 2.75) is 60.4 Å². The smallest absolute Gasteiger partial charge is 0.00516 e. The van der Waals surface area contributed by atoms with Gasteiger partial charge in [-0.2, -0.15) is 0 Å². The van der Waals surface area contributed by atoms with Gasteiger partial charge in [0.15, 0.2) is 0 Å². The van der Waals surface area contributed by atoms with E-state index in [4.69, 9.17) is 0 Å². The van der Waals surface area contributed by atoms with Crippen LogP contribution in [0, 0.1) is 11.3 Å². The van der Waals surface area contributed by atoms with Crippen LogP contribution in [0.4, 0.5) is 0 Å². The predicted molar refractivity (Wildman–Crippen MR) is 83.5 cm³/mol. The average Bonchev–Trinajstić information content (AvgIpc) is 2.70. The molecule has 0 bridgehead atoms. The number of hydrogen-bond acceptors (Lipinski definition) is 2. The SMILES string of the molecule is CCc1ccc(CC(CNC(C)C)C(C)(C)C)s1. The second kappa shape index (κ2) is 6.72. The van der Waals surface area contributed by atoms with Crippen LogP contribution in [0.1, 0.15) is 51.3 Å². The molecule has 0 fully saturated rings. The van der Waals surface area contributed by atoms with E-state index in [2.05, 4.69) is 59.0 Å². The van der Waals surface area contributed by atoms with Gasteiger partial charge in [0.05, 0.1) is 0 Å². The maximum Gasteiger partial charge on any atom is 0.00516 e. The van der Waals surface area contributed by atoms with Crippen LogP contribution in [-0.4, -0.2) is 12.6 Å². The lowest BCUT2D eigenvalue weighted by Gasteiger charge is -2.31. The Bertz CT molecular complexity index is 346. The number of rotatable bonds is 6. The highest BCUT2D eigenvalue weighted by molar-refractivity contribution is 7.11. The highest BCUT2D eigenvalue weighted by Gasteiger charge is 2.25. The van der Waals surface area contributed by atoms with E-state index >= 15 is 0 Å². The Hall–Kier alpha value is -0.340. The Morgan fingerprint density at radius 3 is 2.22 bits per heavy atom. The average molecular weight is 267 g/mol. The fourth-order valence-electron chi connectivity index (χ4n) is 2.03. The molecule has 0 radical (unpaired) electrons. The summed E-state index contributed by atoms with van der Waals surface area (Å²) in [6.07, 6.45) is 2.36. The standard InChI is InChI=1S/C16H29NS/c1-7-14-8-9-15(18-14)10-13(16(4,5)6)11-17-12(2)3/h8-9,12-13,17H,7,10-11H2,1-6H3. The zero-order valence-electron chi connectivity index (χ0n) is 12.8. The van der Waals surface area contributed by atoms with E-state index in [0.29, 0.717) is 17.4 Å². The summed E-state index contributed by atoms with van der Waals surface area (Å²) in [5, 5.41) is 3.60. The molecule has 1 nitrogen and oxygen atoms in total. The monoisotopic (exact) mass is 267 g/mol. The molecule has 0 aliphatic heterocycles. The number of nitrogens with one attached hydrogen (secondary N) is 1. The summed E-state index contributed by atoms with van der Waals surface area (Å²) in [4.78, 5) is 3.05. The molecule has 0 saturated heterocycles. The van der Waals surface area contributed by atoms with Gasteiger partial charge in [-0.05, 0) is 42.9 Å². The van der Waals surface area contributed by atoms with Gasteiger partial charge in [0.25, 0.3) is 0 Å². The molecular weight excluding hydrogens is 238 g/mol. The number of aryl methyl sites for hydroxylation is 1. The summed E-state index contributed by atoms with van der Waals surface area (Å²) in [6, 6.07) is 5.18. The van der Waals surface area contributed by atoms with E-state index in [1.54, 1.807) is 0 Å². The van der Waals surface area contributed by atoms with Crippen molar-refractivity contribution >= 4 is 11.3 Å². The van der Waals surface area contributed by atoms with Gasteiger partial charge in [-0.25, -0.2) is 0 Å². The maximum absolute atomic E-state index is 3.60. The Morgan fingerprint density at radius 2 is 1.78 bits per heavy atom. The molecule has 0 aliphatic carbocycles. The van der Waals surface area contributed by atoms with E-state index in [1.165, 1.54) is 16.2 Å². The van der Waals surface area contributed by atoms with Gasteiger partial charge < -0.3 is 5.32 Å². The molecule has 1 aromatic rings. The van der Waals surface area contributed by atoms with Gasteiger partial charge in [0.2, 0.25) is 0 Å². The molecule has 104 valence electrons. The van der Waals surface area contributed by atoms with E-state index < -0.39 is 0 Å². The van der Waals surface area contributed by atoms with Gasteiger partial charge in [-0.3, -0.25) is 0 Å². The minimum atomic E-state index is 0.359. The molecule has 1 rings (SSSR count). The van der Waals surface area contributed by atoms with Crippen molar-refractivity contribution < 1.29 is 0 Å². The predicted octanol–water partition coefficient (Wildman–Crippen LogP) is 4.51. The molecule has 0 aromatic carbocycles. The highest BCUT2D eigenvalue weighted by Crippen LogP contribution is 2.31. The Kier molecular flexibility index (Phi) is 5.87. The van der Waals surface area contributed by atoms with Crippen molar-refractivity contribution in [2.24, 2.45) is 11.3 Å². The Balaban J connectivity index is 2.66. The summed E-state index contributed by atoms with van der Waals surface area (Å²) < 4.78 is 0. The van der Waals surface area contributed by atoms with Gasteiger partial charge in [-0.15, -0.1) is 11.3 Å². The Morgan fingerprint density at radius 1 is 1.17 bits per heavy atom. The van der Waals surface area contributed by atoms with Crippen molar-refractivity contribution in [1.29, 1.82) is 0 Å². The van der Waals surface area contributed by atoms with E-state index in [-0.39, 0.29) is 0 Å². The van der Waals surface area contributed by atoms with E-state index in [0.717, 1.165) is 13.0 Å². The first-order chi connectivity index (χ1) is 8.32. The largest absolute Gasteiger partial charge is 0.314 e. The van der Waals surface area contributed by atoms with Crippen LogP contribution in [0.5, 0.6) is 0 Å². The molecule has 0 spiro atoms. The molecule has 18 heavy (non-hydrogen) atoms. The van der Waals surface area contributed by atoms with E-state index in [9.17, 15) is 0 Å². The van der Waals surface area contributed by atoms with Crippen LogP contribution in [0.2, 0.25) is 0 Å². The topological polar surface area (TPSA) is 12.0 Å². The molecule has 0 aliphatic rings. The van der Waals surface area contributed by atoms with Crippen LogP contribution < -0.4 is 5.32 Å². The zero-order valence-corrected chi connectivity index (χ0v) is 13.7. The highest BCUT2D eigenvalue weighted by atomic mass is 32.1. The quantitative estimate of drug-likeness (QED) is 0.799. The van der Waals surface area contributed by atoms with Crippen LogP contribution in [0.3, 0.4) is 0 Å². The minimum absolute atomic E-state index is 0.359. The summed E-state index contributed by atoms with van der Waals surface area (Å²) in [5.41, 5.74) is 0.359. The summed E-state index contributed by atoms with van der Waals surface area (Å²) in [6.45, 7) is 14.9. The van der Waals surface area contributed by atoms with Gasteiger partial charge in [0.1, 0.15) is 0 Å². The first-order valence-electron chi connectivity index (χ1n) is 7.14. The fourth-order valence-corrected chi connectivity index (χ4v) is 3.07. The molecule has 1 unspecified atom stereocenters. The number of thiophene rings is 1. The zero-order chi connectivity index (χ0) is 13.8. The molecular formula is C16H29NS. The van der Waals surface area contributed by atoms with Crippen molar-refractivity contribution in [3.8, 4) is 0 Å². The normalized spacial score (nSPS) is 14.2. The molecule has 0 amide bonds. The first kappa shape index (κ1) is 15.7.